The molecule has 0 aromatic carbocycles. The molecule has 1 aromatic heterocycles. The second-order valence-electron chi connectivity index (χ2n) is 5.51. The number of hydrogen-bond donors (Lipinski definition) is 1. The smallest absolute Gasteiger partial charge is 0.225 e. The molecule has 21 heavy (non-hydrogen) atoms. The highest BCUT2D eigenvalue weighted by atomic mass is 32.1. The van der Waals surface area contributed by atoms with Gasteiger partial charge in [-0.2, -0.15) is 0 Å². The van der Waals surface area contributed by atoms with Crippen LogP contribution in [0.5, 0.6) is 0 Å². The van der Waals surface area contributed by atoms with Gasteiger partial charge in [0.05, 0.1) is 5.69 Å². The van der Waals surface area contributed by atoms with Crippen LogP contribution in [0.25, 0.3) is 0 Å². The van der Waals surface area contributed by atoms with Crippen molar-refractivity contribution in [1.29, 1.82) is 0 Å². The molecule has 1 aromatic rings. The topological polar surface area (TPSA) is 62.3 Å². The summed E-state index contributed by atoms with van der Waals surface area (Å²) in [6.07, 6.45) is 5.06. The van der Waals surface area contributed by atoms with Crippen LogP contribution in [0.1, 0.15) is 49.6 Å². The number of thiazole rings is 1. The van der Waals surface area contributed by atoms with Crippen molar-refractivity contribution >= 4 is 28.3 Å². The lowest BCUT2D eigenvalue weighted by atomic mass is 9.91. The van der Waals surface area contributed by atoms with Crippen molar-refractivity contribution in [2.24, 2.45) is 0 Å². The molecule has 0 saturated heterocycles. The molecule has 2 amide bonds. The van der Waals surface area contributed by atoms with Crippen LogP contribution in [0.3, 0.4) is 0 Å². The lowest BCUT2D eigenvalue weighted by molar-refractivity contribution is -0.133. The number of aromatic nitrogens is 1. The average Bonchev–Trinajstić information content (AvgIpc) is 2.73. The van der Waals surface area contributed by atoms with E-state index < -0.39 is 0 Å². The largest absolute Gasteiger partial charge is 0.343 e. The Balaban J connectivity index is 1.87. The van der Waals surface area contributed by atoms with Crippen LogP contribution in [0.2, 0.25) is 0 Å². The molecule has 0 unspecified atom stereocenters. The molecule has 1 aliphatic carbocycles. The monoisotopic (exact) mass is 309 g/mol. The lowest BCUT2D eigenvalue weighted by Gasteiger charge is -2.34. The summed E-state index contributed by atoms with van der Waals surface area (Å²) in [5.74, 6) is 0.155. The SMILES string of the molecule is CCC(=O)Nc1nc(CCC(=O)N(C)C2CCC2)c(C)s1. The summed E-state index contributed by atoms with van der Waals surface area (Å²) < 4.78 is 0. The highest BCUT2D eigenvalue weighted by Gasteiger charge is 2.25. The van der Waals surface area contributed by atoms with E-state index in [1.165, 1.54) is 17.8 Å². The molecule has 1 saturated carbocycles. The highest BCUT2D eigenvalue weighted by molar-refractivity contribution is 7.15. The number of carbonyl (C=O) groups excluding carboxylic acids is 2. The van der Waals surface area contributed by atoms with Crippen LogP contribution in [-0.4, -0.2) is 34.8 Å². The van der Waals surface area contributed by atoms with Crippen molar-refractivity contribution in [1.82, 2.24) is 9.88 Å². The standard InChI is InChI=1S/C15H23N3O2S/c1-4-13(19)17-15-16-12(10(2)21-15)8-9-14(20)18(3)11-6-5-7-11/h11H,4-9H2,1-3H3,(H,16,17,19). The van der Waals surface area contributed by atoms with Gasteiger partial charge < -0.3 is 10.2 Å². The molecule has 0 atom stereocenters. The number of amides is 2. The number of anilines is 1. The number of nitrogens with zero attached hydrogens (tertiary/aromatic N) is 2. The Labute approximate surface area is 129 Å². The summed E-state index contributed by atoms with van der Waals surface area (Å²) in [6.45, 7) is 3.79. The molecule has 1 heterocycles. The van der Waals surface area contributed by atoms with Crippen LogP contribution >= 0.6 is 11.3 Å². The maximum absolute atomic E-state index is 12.1. The summed E-state index contributed by atoms with van der Waals surface area (Å²) in [5, 5.41) is 3.41. The van der Waals surface area contributed by atoms with Crippen molar-refractivity contribution in [2.75, 3.05) is 12.4 Å². The second-order valence-corrected chi connectivity index (χ2v) is 6.72. The zero-order valence-corrected chi connectivity index (χ0v) is 13.8. The van der Waals surface area contributed by atoms with Gasteiger partial charge in [-0.3, -0.25) is 9.59 Å². The summed E-state index contributed by atoms with van der Waals surface area (Å²) in [5.41, 5.74) is 0.918. The number of hydrogen-bond acceptors (Lipinski definition) is 4. The summed E-state index contributed by atoms with van der Waals surface area (Å²) >= 11 is 1.47. The third-order valence-corrected chi connectivity index (χ3v) is 4.98. The van der Waals surface area contributed by atoms with Gasteiger partial charge in [-0.1, -0.05) is 6.92 Å². The lowest BCUT2D eigenvalue weighted by Crippen LogP contribution is -2.41. The number of nitrogens with one attached hydrogen (secondary N) is 1. The first-order chi connectivity index (χ1) is 10.0. The Morgan fingerprint density at radius 3 is 2.71 bits per heavy atom. The Morgan fingerprint density at radius 1 is 1.43 bits per heavy atom. The molecule has 5 nitrogen and oxygen atoms in total. The molecule has 1 N–H and O–H groups in total. The van der Waals surface area contributed by atoms with E-state index in [2.05, 4.69) is 10.3 Å². The molecule has 0 spiro atoms. The van der Waals surface area contributed by atoms with E-state index >= 15 is 0 Å². The molecule has 0 aliphatic heterocycles. The van der Waals surface area contributed by atoms with E-state index in [-0.39, 0.29) is 11.8 Å². The minimum atomic E-state index is -0.0314. The van der Waals surface area contributed by atoms with E-state index in [1.54, 1.807) is 0 Å². The van der Waals surface area contributed by atoms with Gasteiger partial charge in [0.1, 0.15) is 0 Å². The van der Waals surface area contributed by atoms with Gasteiger partial charge in [0.15, 0.2) is 5.13 Å². The molecular formula is C15H23N3O2S. The molecule has 6 heteroatoms. The molecule has 2 rings (SSSR count). The van der Waals surface area contributed by atoms with Crippen LogP contribution in [0.15, 0.2) is 0 Å². The van der Waals surface area contributed by atoms with Crippen molar-refractivity contribution in [3.63, 3.8) is 0 Å². The van der Waals surface area contributed by atoms with E-state index in [9.17, 15) is 9.59 Å². The van der Waals surface area contributed by atoms with Gasteiger partial charge in [-0.15, -0.1) is 11.3 Å². The van der Waals surface area contributed by atoms with Crippen LogP contribution in [-0.2, 0) is 16.0 Å². The molecular weight excluding hydrogens is 286 g/mol. The third-order valence-electron chi connectivity index (χ3n) is 4.05. The number of rotatable bonds is 6. The van der Waals surface area contributed by atoms with E-state index in [0.717, 1.165) is 23.4 Å². The maximum atomic E-state index is 12.1. The van der Waals surface area contributed by atoms with Gasteiger partial charge in [-0.05, 0) is 32.6 Å². The Morgan fingerprint density at radius 2 is 2.14 bits per heavy atom. The van der Waals surface area contributed by atoms with Gasteiger partial charge in [-0.25, -0.2) is 4.98 Å². The van der Waals surface area contributed by atoms with E-state index in [0.29, 0.717) is 30.4 Å². The fourth-order valence-corrected chi connectivity index (χ4v) is 3.18. The molecule has 1 aliphatic rings. The highest BCUT2D eigenvalue weighted by Crippen LogP contribution is 2.26. The second kappa shape index (κ2) is 7.02. The fraction of sp³-hybridized carbons (Fsp3) is 0.667. The maximum Gasteiger partial charge on any atom is 0.225 e. The van der Waals surface area contributed by atoms with E-state index in [4.69, 9.17) is 0 Å². The Kier molecular flexibility index (Phi) is 5.33. The van der Waals surface area contributed by atoms with Crippen LogP contribution in [0, 0.1) is 6.92 Å². The van der Waals surface area contributed by atoms with Crippen LogP contribution in [0.4, 0.5) is 5.13 Å². The van der Waals surface area contributed by atoms with Gasteiger partial charge in [0.2, 0.25) is 11.8 Å². The first-order valence-corrected chi connectivity index (χ1v) is 8.34. The van der Waals surface area contributed by atoms with Crippen molar-refractivity contribution < 1.29 is 9.59 Å². The molecule has 0 bridgehead atoms. The van der Waals surface area contributed by atoms with Crippen molar-refractivity contribution in [3.05, 3.63) is 10.6 Å². The first-order valence-electron chi connectivity index (χ1n) is 7.53. The summed E-state index contributed by atoms with van der Waals surface area (Å²) in [7, 11) is 1.90. The number of carbonyl (C=O) groups is 2. The predicted octanol–water partition coefficient (Wildman–Crippen LogP) is 2.74. The molecule has 0 radical (unpaired) electrons. The summed E-state index contributed by atoms with van der Waals surface area (Å²) in [6, 6.07) is 0.438. The van der Waals surface area contributed by atoms with Gasteiger partial charge >= 0.3 is 0 Å². The normalized spacial score (nSPS) is 14.6. The zero-order valence-electron chi connectivity index (χ0n) is 12.9. The Bertz CT molecular complexity index is 523. The number of aryl methyl sites for hydroxylation is 2. The quantitative estimate of drug-likeness (QED) is 0.879. The summed E-state index contributed by atoms with van der Waals surface area (Å²) in [4.78, 5) is 30.9. The third kappa shape index (κ3) is 4.03. The first kappa shape index (κ1) is 15.9. The van der Waals surface area contributed by atoms with Crippen LogP contribution < -0.4 is 5.32 Å². The Hall–Kier alpha value is -1.43. The minimum absolute atomic E-state index is 0.0314. The van der Waals surface area contributed by atoms with E-state index in [1.807, 2.05) is 25.8 Å². The minimum Gasteiger partial charge on any atom is -0.343 e. The predicted molar refractivity (Wildman–Crippen MR) is 84.5 cm³/mol. The zero-order chi connectivity index (χ0) is 15.4. The average molecular weight is 309 g/mol. The molecule has 116 valence electrons. The van der Waals surface area contributed by atoms with Gasteiger partial charge in [0.25, 0.3) is 0 Å². The van der Waals surface area contributed by atoms with Crippen molar-refractivity contribution in [3.8, 4) is 0 Å². The molecule has 1 fully saturated rings. The van der Waals surface area contributed by atoms with Crippen molar-refractivity contribution in [2.45, 2.75) is 58.4 Å². The fourth-order valence-electron chi connectivity index (χ4n) is 2.30. The van der Waals surface area contributed by atoms with Gasteiger partial charge in [0, 0.05) is 30.8 Å².